The van der Waals surface area contributed by atoms with Gasteiger partial charge in [-0.2, -0.15) is 0 Å². The minimum absolute atomic E-state index is 0.0424. The standard InChI is InChI=1S/C16H20O3/c1-9-6-12(7-10(2)15(9)18)8-13-4-5-14(17)11(3)16(13)19/h4-7,13,16-19H,8H2,1-3H3. The summed E-state index contributed by atoms with van der Waals surface area (Å²) in [4.78, 5) is 0. The molecule has 19 heavy (non-hydrogen) atoms. The van der Waals surface area contributed by atoms with Gasteiger partial charge in [-0.3, -0.25) is 0 Å². The number of allylic oxidation sites excluding steroid dienone is 1. The van der Waals surface area contributed by atoms with Crippen LogP contribution in [0.4, 0.5) is 0 Å². The molecule has 0 saturated carbocycles. The van der Waals surface area contributed by atoms with Crippen molar-refractivity contribution in [2.75, 3.05) is 0 Å². The van der Waals surface area contributed by atoms with Gasteiger partial charge >= 0.3 is 0 Å². The smallest absolute Gasteiger partial charge is 0.121 e. The second-order valence-electron chi connectivity index (χ2n) is 5.32. The molecule has 0 aromatic heterocycles. The zero-order chi connectivity index (χ0) is 14.2. The van der Waals surface area contributed by atoms with Gasteiger partial charge in [0, 0.05) is 5.92 Å². The molecule has 0 radical (unpaired) electrons. The average molecular weight is 260 g/mol. The van der Waals surface area contributed by atoms with Crippen molar-refractivity contribution in [3.8, 4) is 5.75 Å². The highest BCUT2D eigenvalue weighted by atomic mass is 16.3. The van der Waals surface area contributed by atoms with Crippen molar-refractivity contribution in [1.29, 1.82) is 0 Å². The monoisotopic (exact) mass is 260 g/mol. The molecule has 0 spiro atoms. The molecular formula is C16H20O3. The molecule has 2 atom stereocenters. The van der Waals surface area contributed by atoms with E-state index in [-0.39, 0.29) is 11.7 Å². The highest BCUT2D eigenvalue weighted by molar-refractivity contribution is 5.42. The molecule has 1 aromatic rings. The minimum Gasteiger partial charge on any atom is -0.508 e. The third-order valence-corrected chi connectivity index (χ3v) is 3.78. The van der Waals surface area contributed by atoms with E-state index in [1.807, 2.05) is 32.1 Å². The minimum atomic E-state index is -0.653. The topological polar surface area (TPSA) is 60.7 Å². The van der Waals surface area contributed by atoms with E-state index < -0.39 is 6.10 Å². The summed E-state index contributed by atoms with van der Waals surface area (Å²) in [5.41, 5.74) is 3.38. The summed E-state index contributed by atoms with van der Waals surface area (Å²) < 4.78 is 0. The first kappa shape index (κ1) is 13.7. The van der Waals surface area contributed by atoms with E-state index in [0.717, 1.165) is 16.7 Å². The Hall–Kier alpha value is -1.74. The molecule has 1 aliphatic rings. The van der Waals surface area contributed by atoms with Crippen LogP contribution in [0, 0.1) is 19.8 Å². The van der Waals surface area contributed by atoms with Crippen LogP contribution in [0.3, 0.4) is 0 Å². The van der Waals surface area contributed by atoms with Gasteiger partial charge in [0.05, 0.1) is 6.10 Å². The zero-order valence-corrected chi connectivity index (χ0v) is 11.5. The van der Waals surface area contributed by atoms with E-state index in [1.165, 1.54) is 0 Å². The predicted molar refractivity (Wildman–Crippen MR) is 75.3 cm³/mol. The average Bonchev–Trinajstić information content (AvgIpc) is 2.36. The maximum Gasteiger partial charge on any atom is 0.121 e. The van der Waals surface area contributed by atoms with Crippen molar-refractivity contribution in [2.45, 2.75) is 33.3 Å². The second kappa shape index (κ2) is 5.10. The molecule has 0 amide bonds. The Labute approximate surface area is 113 Å². The van der Waals surface area contributed by atoms with Crippen LogP contribution in [0.1, 0.15) is 23.6 Å². The summed E-state index contributed by atoms with van der Waals surface area (Å²) in [6, 6.07) is 3.88. The fraction of sp³-hybridized carbons (Fsp3) is 0.375. The lowest BCUT2D eigenvalue weighted by Crippen LogP contribution is -2.25. The van der Waals surface area contributed by atoms with Gasteiger partial charge in [-0.1, -0.05) is 18.2 Å². The fourth-order valence-electron chi connectivity index (χ4n) is 2.54. The Morgan fingerprint density at radius 2 is 1.63 bits per heavy atom. The number of benzene rings is 1. The molecule has 0 saturated heterocycles. The zero-order valence-electron chi connectivity index (χ0n) is 11.5. The van der Waals surface area contributed by atoms with Gasteiger partial charge in [0.25, 0.3) is 0 Å². The predicted octanol–water partition coefficient (Wildman–Crippen LogP) is 2.93. The molecule has 102 valence electrons. The summed E-state index contributed by atoms with van der Waals surface area (Å²) in [6.07, 6.45) is 3.51. The molecule has 2 rings (SSSR count). The maximum absolute atomic E-state index is 10.1. The van der Waals surface area contributed by atoms with E-state index in [4.69, 9.17) is 0 Å². The van der Waals surface area contributed by atoms with Crippen LogP contribution in [0.2, 0.25) is 0 Å². The lowest BCUT2D eigenvalue weighted by molar-refractivity contribution is 0.155. The van der Waals surface area contributed by atoms with Gasteiger partial charge in [0.2, 0.25) is 0 Å². The molecular weight excluding hydrogens is 240 g/mol. The molecule has 2 unspecified atom stereocenters. The van der Waals surface area contributed by atoms with Crippen LogP contribution in [-0.4, -0.2) is 21.4 Å². The van der Waals surface area contributed by atoms with Crippen LogP contribution >= 0.6 is 0 Å². The fourth-order valence-corrected chi connectivity index (χ4v) is 2.54. The third kappa shape index (κ3) is 2.66. The number of hydrogen-bond acceptors (Lipinski definition) is 3. The van der Waals surface area contributed by atoms with Gasteiger partial charge in [-0.25, -0.2) is 0 Å². The number of phenols is 1. The molecule has 1 aliphatic carbocycles. The number of phenolic OH excluding ortho intramolecular Hbond substituents is 1. The normalized spacial score (nSPS) is 22.9. The van der Waals surface area contributed by atoms with Gasteiger partial charge in [0.1, 0.15) is 11.5 Å². The molecule has 0 aliphatic heterocycles. The van der Waals surface area contributed by atoms with E-state index in [2.05, 4.69) is 0 Å². The molecule has 3 N–H and O–H groups in total. The van der Waals surface area contributed by atoms with Crippen molar-refractivity contribution in [3.05, 3.63) is 52.3 Å². The van der Waals surface area contributed by atoms with Crippen molar-refractivity contribution in [3.63, 3.8) is 0 Å². The second-order valence-corrected chi connectivity index (χ2v) is 5.32. The Morgan fingerprint density at radius 3 is 2.21 bits per heavy atom. The van der Waals surface area contributed by atoms with Crippen LogP contribution in [-0.2, 0) is 6.42 Å². The SMILES string of the molecule is CC1=C(O)C=CC(Cc2cc(C)c(O)c(C)c2)C1O. The first-order valence-corrected chi connectivity index (χ1v) is 6.45. The first-order chi connectivity index (χ1) is 8.90. The first-order valence-electron chi connectivity index (χ1n) is 6.45. The molecule has 0 bridgehead atoms. The van der Waals surface area contributed by atoms with Gasteiger partial charge in [-0.15, -0.1) is 0 Å². The summed E-state index contributed by atoms with van der Waals surface area (Å²) in [5.74, 6) is 0.443. The van der Waals surface area contributed by atoms with Crippen LogP contribution in [0.25, 0.3) is 0 Å². The molecule has 3 nitrogen and oxygen atoms in total. The van der Waals surface area contributed by atoms with Gasteiger partial charge < -0.3 is 15.3 Å². The van der Waals surface area contributed by atoms with E-state index in [1.54, 1.807) is 13.0 Å². The summed E-state index contributed by atoms with van der Waals surface area (Å²) in [5, 5.41) is 29.5. The maximum atomic E-state index is 10.1. The number of hydrogen-bond donors (Lipinski definition) is 3. The van der Waals surface area contributed by atoms with Crippen molar-refractivity contribution in [2.24, 2.45) is 5.92 Å². The largest absolute Gasteiger partial charge is 0.508 e. The summed E-state index contributed by atoms with van der Waals surface area (Å²) in [6.45, 7) is 5.48. The third-order valence-electron chi connectivity index (χ3n) is 3.78. The highest BCUT2D eigenvalue weighted by Gasteiger charge is 2.24. The van der Waals surface area contributed by atoms with E-state index >= 15 is 0 Å². The molecule has 0 fully saturated rings. The molecule has 0 heterocycles. The van der Waals surface area contributed by atoms with Crippen LogP contribution in [0.15, 0.2) is 35.6 Å². The van der Waals surface area contributed by atoms with Gasteiger partial charge in [-0.05, 0) is 55.5 Å². The van der Waals surface area contributed by atoms with E-state index in [0.29, 0.717) is 17.7 Å². The number of aromatic hydroxyl groups is 1. The Bertz CT molecular complexity index is 532. The Balaban J connectivity index is 2.22. The quantitative estimate of drug-likeness (QED) is 0.766. The van der Waals surface area contributed by atoms with Crippen molar-refractivity contribution < 1.29 is 15.3 Å². The number of rotatable bonds is 2. The number of aryl methyl sites for hydroxylation is 2. The molecule has 3 heteroatoms. The number of aliphatic hydroxyl groups excluding tert-OH is 2. The van der Waals surface area contributed by atoms with Crippen LogP contribution in [0.5, 0.6) is 5.75 Å². The van der Waals surface area contributed by atoms with E-state index in [9.17, 15) is 15.3 Å². The van der Waals surface area contributed by atoms with Crippen LogP contribution < -0.4 is 0 Å². The Morgan fingerprint density at radius 1 is 1.05 bits per heavy atom. The lowest BCUT2D eigenvalue weighted by atomic mass is 9.85. The van der Waals surface area contributed by atoms with Gasteiger partial charge in [0.15, 0.2) is 0 Å². The van der Waals surface area contributed by atoms with Crippen molar-refractivity contribution >= 4 is 0 Å². The summed E-state index contributed by atoms with van der Waals surface area (Å²) >= 11 is 0. The summed E-state index contributed by atoms with van der Waals surface area (Å²) in [7, 11) is 0. The van der Waals surface area contributed by atoms with Crippen molar-refractivity contribution in [1.82, 2.24) is 0 Å². The highest BCUT2D eigenvalue weighted by Crippen LogP contribution is 2.29. The number of aliphatic hydroxyl groups is 2. The molecule has 1 aromatic carbocycles. The Kier molecular flexibility index (Phi) is 3.67. The lowest BCUT2D eigenvalue weighted by Gasteiger charge is -2.25.